The minimum Gasteiger partial charge on any atom is -0.339 e. The van der Waals surface area contributed by atoms with Gasteiger partial charge in [0.25, 0.3) is 0 Å². The Kier molecular flexibility index (Phi) is 4.67. The fourth-order valence-corrected chi connectivity index (χ4v) is 3.75. The molecule has 0 radical (unpaired) electrons. The van der Waals surface area contributed by atoms with Gasteiger partial charge in [0, 0.05) is 33.1 Å². The summed E-state index contributed by atoms with van der Waals surface area (Å²) < 4.78 is 3.33. The molecule has 0 spiro atoms. The summed E-state index contributed by atoms with van der Waals surface area (Å²) in [4.78, 5) is 27.0. The first-order valence-electron chi connectivity index (χ1n) is 9.31. The van der Waals surface area contributed by atoms with Crippen molar-refractivity contribution in [2.24, 2.45) is 7.05 Å². The Labute approximate surface area is 158 Å². The monoisotopic (exact) mass is 361 g/mol. The summed E-state index contributed by atoms with van der Waals surface area (Å²) in [6.45, 7) is 1.77. The zero-order valence-electron chi connectivity index (χ0n) is 15.5. The number of nitrogens with zero attached hydrogens (tertiary/aromatic N) is 3. The van der Waals surface area contributed by atoms with Gasteiger partial charge in [-0.2, -0.15) is 0 Å². The molecular weight excluding hydrogens is 338 g/mol. The molecule has 0 saturated heterocycles. The molecule has 0 bridgehead atoms. The molecular formula is C22H23N3O2. The Morgan fingerprint density at radius 2 is 1.70 bits per heavy atom. The molecule has 27 heavy (non-hydrogen) atoms. The molecule has 1 aromatic heterocycles. The van der Waals surface area contributed by atoms with E-state index >= 15 is 0 Å². The summed E-state index contributed by atoms with van der Waals surface area (Å²) in [7, 11) is 1.77. The van der Waals surface area contributed by atoms with Crippen LogP contribution in [0.5, 0.6) is 0 Å². The third kappa shape index (κ3) is 3.33. The lowest BCUT2D eigenvalue weighted by Crippen LogP contribution is -2.35. The highest BCUT2D eigenvalue weighted by molar-refractivity contribution is 5.79. The number of benzene rings is 2. The van der Waals surface area contributed by atoms with E-state index in [0.29, 0.717) is 19.5 Å². The molecule has 2 heterocycles. The molecule has 1 aliphatic rings. The average Bonchev–Trinajstić information content (AvgIpc) is 2.97. The van der Waals surface area contributed by atoms with Crippen molar-refractivity contribution in [2.75, 3.05) is 13.1 Å². The van der Waals surface area contributed by atoms with Gasteiger partial charge in [-0.3, -0.25) is 13.9 Å². The Morgan fingerprint density at radius 1 is 1.00 bits per heavy atom. The van der Waals surface area contributed by atoms with E-state index in [0.717, 1.165) is 24.0 Å². The summed E-state index contributed by atoms with van der Waals surface area (Å²) in [6.07, 6.45) is 3.34. The summed E-state index contributed by atoms with van der Waals surface area (Å²) in [5, 5.41) is 0. The first kappa shape index (κ1) is 17.3. The van der Waals surface area contributed by atoms with Crippen molar-refractivity contribution in [3.05, 3.63) is 76.7 Å². The van der Waals surface area contributed by atoms with Gasteiger partial charge >= 0.3 is 5.69 Å². The first-order chi connectivity index (χ1) is 13.1. The van der Waals surface area contributed by atoms with Crippen molar-refractivity contribution in [3.8, 4) is 0 Å². The number of imidazole rings is 1. The van der Waals surface area contributed by atoms with Gasteiger partial charge in [0.15, 0.2) is 0 Å². The van der Waals surface area contributed by atoms with Crippen LogP contribution < -0.4 is 5.69 Å². The fraction of sp³-hybridized carbons (Fsp3) is 0.273. The van der Waals surface area contributed by atoms with Gasteiger partial charge in [-0.05, 0) is 29.7 Å². The van der Waals surface area contributed by atoms with E-state index in [-0.39, 0.29) is 11.6 Å². The van der Waals surface area contributed by atoms with Gasteiger partial charge in [0.2, 0.25) is 5.91 Å². The third-order valence-corrected chi connectivity index (χ3v) is 5.31. The van der Waals surface area contributed by atoms with Crippen LogP contribution in [0.15, 0.2) is 65.5 Å². The standard InChI is InChI=1S/C22H23N3O2/c1-23-19-9-5-6-10-20(19)25(22(23)27)16-13-21(26)24-14-11-18(12-15-24)17-7-3-2-4-8-17/h2-11H,12-16H2,1H3. The van der Waals surface area contributed by atoms with Crippen molar-refractivity contribution >= 4 is 22.5 Å². The first-order valence-corrected chi connectivity index (χ1v) is 9.31. The topological polar surface area (TPSA) is 47.2 Å². The number of carbonyl (C=O) groups excluding carboxylic acids is 1. The lowest BCUT2D eigenvalue weighted by Gasteiger charge is -2.27. The number of amides is 1. The lowest BCUT2D eigenvalue weighted by atomic mass is 9.99. The van der Waals surface area contributed by atoms with Gasteiger partial charge in [-0.15, -0.1) is 0 Å². The van der Waals surface area contributed by atoms with E-state index in [1.54, 1.807) is 16.2 Å². The van der Waals surface area contributed by atoms with Gasteiger partial charge < -0.3 is 4.90 Å². The van der Waals surface area contributed by atoms with Crippen molar-refractivity contribution in [1.29, 1.82) is 0 Å². The predicted molar refractivity (Wildman–Crippen MR) is 107 cm³/mol. The number of aromatic nitrogens is 2. The highest BCUT2D eigenvalue weighted by atomic mass is 16.2. The van der Waals surface area contributed by atoms with Gasteiger partial charge in [0.1, 0.15) is 0 Å². The molecule has 0 aliphatic carbocycles. The van der Waals surface area contributed by atoms with Crippen LogP contribution in [0.4, 0.5) is 0 Å². The second-order valence-corrected chi connectivity index (χ2v) is 6.92. The number of rotatable bonds is 4. The van der Waals surface area contributed by atoms with Gasteiger partial charge in [-0.25, -0.2) is 4.79 Å². The summed E-state index contributed by atoms with van der Waals surface area (Å²) in [5.41, 5.74) is 4.22. The molecule has 138 valence electrons. The molecule has 5 nitrogen and oxygen atoms in total. The Hall–Kier alpha value is -3.08. The van der Waals surface area contributed by atoms with Crippen LogP contribution in [0.25, 0.3) is 16.6 Å². The van der Waals surface area contributed by atoms with Crippen molar-refractivity contribution < 1.29 is 4.79 Å². The van der Waals surface area contributed by atoms with Crippen molar-refractivity contribution in [2.45, 2.75) is 19.4 Å². The van der Waals surface area contributed by atoms with Crippen LogP contribution in [-0.4, -0.2) is 33.0 Å². The van der Waals surface area contributed by atoms with E-state index in [1.165, 1.54) is 11.1 Å². The number of aryl methyl sites for hydroxylation is 2. The van der Waals surface area contributed by atoms with Crippen LogP contribution in [0.1, 0.15) is 18.4 Å². The Morgan fingerprint density at radius 3 is 2.41 bits per heavy atom. The average molecular weight is 361 g/mol. The molecule has 0 atom stereocenters. The quantitative estimate of drug-likeness (QED) is 0.717. The fourth-order valence-electron chi connectivity index (χ4n) is 3.75. The number of fused-ring (bicyclic) bond motifs is 1. The van der Waals surface area contributed by atoms with E-state index in [2.05, 4.69) is 18.2 Å². The molecule has 1 aliphatic heterocycles. The van der Waals surface area contributed by atoms with Crippen molar-refractivity contribution in [1.82, 2.24) is 14.0 Å². The third-order valence-electron chi connectivity index (χ3n) is 5.31. The molecule has 0 unspecified atom stereocenters. The minimum atomic E-state index is -0.0751. The number of hydrogen-bond donors (Lipinski definition) is 0. The maximum atomic E-state index is 12.6. The zero-order chi connectivity index (χ0) is 18.8. The van der Waals surface area contributed by atoms with Crippen LogP contribution in [0, 0.1) is 0 Å². The van der Waals surface area contributed by atoms with E-state index < -0.39 is 0 Å². The zero-order valence-corrected chi connectivity index (χ0v) is 15.5. The van der Waals surface area contributed by atoms with Crippen LogP contribution in [0.2, 0.25) is 0 Å². The molecule has 0 N–H and O–H groups in total. The smallest absolute Gasteiger partial charge is 0.328 e. The minimum absolute atomic E-state index is 0.0751. The molecule has 5 heteroatoms. The van der Waals surface area contributed by atoms with Crippen LogP contribution in [-0.2, 0) is 18.4 Å². The summed E-state index contributed by atoms with van der Waals surface area (Å²) in [5.74, 6) is 0.0956. The SMILES string of the molecule is Cn1c(=O)n(CCC(=O)N2CC=C(c3ccccc3)CC2)c2ccccc21. The van der Waals surface area contributed by atoms with E-state index in [4.69, 9.17) is 0 Å². The normalized spacial score (nSPS) is 14.4. The van der Waals surface area contributed by atoms with E-state index in [9.17, 15) is 9.59 Å². The van der Waals surface area contributed by atoms with Crippen LogP contribution in [0.3, 0.4) is 0 Å². The van der Waals surface area contributed by atoms with Crippen molar-refractivity contribution in [3.63, 3.8) is 0 Å². The highest BCUT2D eigenvalue weighted by Gasteiger charge is 2.19. The summed E-state index contributed by atoms with van der Waals surface area (Å²) >= 11 is 0. The van der Waals surface area contributed by atoms with Gasteiger partial charge in [-0.1, -0.05) is 48.5 Å². The molecule has 0 saturated carbocycles. The van der Waals surface area contributed by atoms with Crippen LogP contribution >= 0.6 is 0 Å². The largest absolute Gasteiger partial charge is 0.339 e. The molecule has 3 aromatic rings. The molecule has 2 aromatic carbocycles. The number of hydrogen-bond acceptors (Lipinski definition) is 2. The molecule has 0 fully saturated rings. The number of para-hydroxylation sites is 2. The Bertz CT molecular complexity index is 1060. The maximum absolute atomic E-state index is 12.6. The summed E-state index contributed by atoms with van der Waals surface area (Å²) in [6, 6.07) is 18.0. The second kappa shape index (κ2) is 7.27. The maximum Gasteiger partial charge on any atom is 0.328 e. The molecule has 4 rings (SSSR count). The number of carbonyl (C=O) groups is 1. The molecule has 1 amide bonds. The van der Waals surface area contributed by atoms with E-state index in [1.807, 2.05) is 47.4 Å². The Balaban J connectivity index is 1.43. The highest BCUT2D eigenvalue weighted by Crippen LogP contribution is 2.22. The lowest BCUT2D eigenvalue weighted by molar-refractivity contribution is -0.131. The second-order valence-electron chi connectivity index (χ2n) is 6.92. The predicted octanol–water partition coefficient (Wildman–Crippen LogP) is 3.05. The van der Waals surface area contributed by atoms with Gasteiger partial charge in [0.05, 0.1) is 11.0 Å².